The Kier molecular flexibility index (Phi) is 6.32. The Hall–Kier alpha value is -1.59. The summed E-state index contributed by atoms with van der Waals surface area (Å²) in [7, 11) is 0. The highest BCUT2D eigenvalue weighted by Crippen LogP contribution is 2.26. The molecule has 1 aromatic carbocycles. The molecule has 0 saturated heterocycles. The van der Waals surface area contributed by atoms with Crippen LogP contribution in [-0.2, 0) is 9.59 Å². The summed E-state index contributed by atoms with van der Waals surface area (Å²) in [6.07, 6.45) is 1.32. The number of nitrogens with one attached hydrogen (secondary N) is 2. The van der Waals surface area contributed by atoms with E-state index in [1.807, 2.05) is 0 Å². The predicted octanol–water partition coefficient (Wildman–Crippen LogP) is 2.37. The minimum absolute atomic E-state index is 0.125. The van der Waals surface area contributed by atoms with E-state index in [9.17, 15) is 9.59 Å². The summed E-state index contributed by atoms with van der Waals surface area (Å²) in [6.45, 7) is 2.22. The molecule has 0 aliphatic heterocycles. The van der Waals surface area contributed by atoms with E-state index in [1.165, 1.54) is 0 Å². The van der Waals surface area contributed by atoms with Crippen molar-refractivity contribution in [2.24, 2.45) is 5.73 Å². The van der Waals surface area contributed by atoms with E-state index >= 15 is 0 Å². The third-order valence-corrected chi connectivity index (χ3v) is 2.69. The number of amides is 2. The number of carbonyl (C=O) groups is 2. The van der Waals surface area contributed by atoms with Crippen LogP contribution in [0.25, 0.3) is 0 Å². The zero-order valence-corrected chi connectivity index (χ0v) is 11.6. The van der Waals surface area contributed by atoms with Crippen molar-refractivity contribution in [3.05, 3.63) is 23.2 Å². The molecule has 0 spiro atoms. The molecule has 5 nitrogen and oxygen atoms in total. The molecule has 1 aromatic rings. The van der Waals surface area contributed by atoms with Crippen molar-refractivity contribution >= 4 is 34.8 Å². The van der Waals surface area contributed by atoms with Gasteiger partial charge in [-0.1, -0.05) is 18.5 Å². The molecule has 104 valence electrons. The topological polar surface area (TPSA) is 84.2 Å². The van der Waals surface area contributed by atoms with Crippen molar-refractivity contribution in [3.8, 4) is 0 Å². The lowest BCUT2D eigenvalue weighted by Gasteiger charge is -2.12. The van der Waals surface area contributed by atoms with Crippen LogP contribution in [0.3, 0.4) is 0 Å². The molecule has 0 heterocycles. The van der Waals surface area contributed by atoms with Crippen LogP contribution in [0.1, 0.15) is 26.2 Å². The van der Waals surface area contributed by atoms with Crippen LogP contribution in [0.2, 0.25) is 5.02 Å². The SMILES string of the molecule is CCC(=O)Nc1ccc(Cl)cc1NC(=O)CCCN. The molecule has 0 unspecified atom stereocenters. The normalized spacial score (nSPS) is 10.1. The van der Waals surface area contributed by atoms with Crippen LogP contribution < -0.4 is 16.4 Å². The van der Waals surface area contributed by atoms with Gasteiger partial charge in [0.25, 0.3) is 0 Å². The van der Waals surface area contributed by atoms with Gasteiger partial charge in [0.1, 0.15) is 0 Å². The van der Waals surface area contributed by atoms with E-state index in [0.717, 1.165) is 0 Å². The molecule has 0 fully saturated rings. The van der Waals surface area contributed by atoms with E-state index in [4.69, 9.17) is 17.3 Å². The lowest BCUT2D eigenvalue weighted by Crippen LogP contribution is -2.16. The van der Waals surface area contributed by atoms with E-state index in [-0.39, 0.29) is 11.8 Å². The maximum absolute atomic E-state index is 11.7. The van der Waals surface area contributed by atoms with Gasteiger partial charge < -0.3 is 16.4 Å². The molecular weight excluding hydrogens is 266 g/mol. The fourth-order valence-corrected chi connectivity index (χ4v) is 1.61. The van der Waals surface area contributed by atoms with Gasteiger partial charge in [-0.2, -0.15) is 0 Å². The molecular formula is C13H18ClN3O2. The molecule has 4 N–H and O–H groups in total. The molecule has 0 saturated carbocycles. The Morgan fingerprint density at radius 3 is 2.53 bits per heavy atom. The second-order valence-electron chi connectivity index (χ2n) is 4.03. The van der Waals surface area contributed by atoms with E-state index in [0.29, 0.717) is 42.2 Å². The van der Waals surface area contributed by atoms with Gasteiger partial charge >= 0.3 is 0 Å². The zero-order valence-electron chi connectivity index (χ0n) is 10.8. The highest BCUT2D eigenvalue weighted by molar-refractivity contribution is 6.31. The lowest BCUT2D eigenvalue weighted by molar-refractivity contribution is -0.117. The largest absolute Gasteiger partial charge is 0.330 e. The number of nitrogens with two attached hydrogens (primary N) is 1. The summed E-state index contributed by atoms with van der Waals surface area (Å²) in [5, 5.41) is 5.92. The number of carbonyl (C=O) groups excluding carboxylic acids is 2. The molecule has 0 aliphatic carbocycles. The zero-order chi connectivity index (χ0) is 14.3. The summed E-state index contributed by atoms with van der Waals surface area (Å²) >= 11 is 5.89. The van der Waals surface area contributed by atoms with E-state index in [1.54, 1.807) is 25.1 Å². The number of hydrogen-bond donors (Lipinski definition) is 3. The van der Waals surface area contributed by atoms with Crippen molar-refractivity contribution < 1.29 is 9.59 Å². The van der Waals surface area contributed by atoms with E-state index in [2.05, 4.69) is 10.6 Å². The Labute approximate surface area is 117 Å². The predicted molar refractivity (Wildman–Crippen MR) is 77.3 cm³/mol. The van der Waals surface area contributed by atoms with Crippen LogP contribution in [0.5, 0.6) is 0 Å². The maximum atomic E-state index is 11.7. The average molecular weight is 284 g/mol. The highest BCUT2D eigenvalue weighted by Gasteiger charge is 2.09. The van der Waals surface area contributed by atoms with Crippen molar-refractivity contribution in [2.75, 3.05) is 17.2 Å². The molecule has 0 atom stereocenters. The van der Waals surface area contributed by atoms with E-state index < -0.39 is 0 Å². The first-order chi connectivity index (χ1) is 9.06. The van der Waals surface area contributed by atoms with Gasteiger partial charge in [0, 0.05) is 17.9 Å². The molecule has 0 bridgehead atoms. The van der Waals surface area contributed by atoms with Crippen molar-refractivity contribution in [2.45, 2.75) is 26.2 Å². The van der Waals surface area contributed by atoms with Gasteiger partial charge in [0.15, 0.2) is 0 Å². The molecule has 0 radical (unpaired) electrons. The highest BCUT2D eigenvalue weighted by atomic mass is 35.5. The smallest absolute Gasteiger partial charge is 0.224 e. The first-order valence-electron chi connectivity index (χ1n) is 6.16. The first kappa shape index (κ1) is 15.5. The molecule has 0 aliphatic rings. The standard InChI is InChI=1S/C13H18ClN3O2/c1-2-12(18)16-10-6-5-9(14)8-11(10)17-13(19)4-3-7-15/h5-6,8H,2-4,7,15H2,1H3,(H,16,18)(H,17,19). The third-order valence-electron chi connectivity index (χ3n) is 2.46. The number of hydrogen-bond acceptors (Lipinski definition) is 3. The molecule has 2 amide bonds. The van der Waals surface area contributed by atoms with Crippen molar-refractivity contribution in [1.29, 1.82) is 0 Å². The lowest BCUT2D eigenvalue weighted by atomic mass is 10.2. The van der Waals surface area contributed by atoms with Gasteiger partial charge in [0.05, 0.1) is 11.4 Å². The summed E-state index contributed by atoms with van der Waals surface area (Å²) in [5.74, 6) is -0.278. The summed E-state index contributed by atoms with van der Waals surface area (Å²) in [6, 6.07) is 4.92. The van der Waals surface area contributed by atoms with Crippen LogP contribution in [0.15, 0.2) is 18.2 Å². The third kappa shape index (κ3) is 5.28. The molecule has 6 heteroatoms. The molecule has 1 rings (SSSR count). The van der Waals surface area contributed by atoms with Gasteiger partial charge in [-0.15, -0.1) is 0 Å². The Morgan fingerprint density at radius 1 is 1.21 bits per heavy atom. The number of rotatable bonds is 6. The van der Waals surface area contributed by atoms with Gasteiger partial charge in [-0.05, 0) is 31.2 Å². The van der Waals surface area contributed by atoms with Crippen molar-refractivity contribution in [1.82, 2.24) is 0 Å². The fraction of sp³-hybridized carbons (Fsp3) is 0.385. The van der Waals surface area contributed by atoms with Crippen LogP contribution in [0.4, 0.5) is 11.4 Å². The Morgan fingerprint density at radius 2 is 1.89 bits per heavy atom. The first-order valence-corrected chi connectivity index (χ1v) is 6.54. The monoisotopic (exact) mass is 283 g/mol. The van der Waals surface area contributed by atoms with Gasteiger partial charge in [-0.3, -0.25) is 9.59 Å². The van der Waals surface area contributed by atoms with Gasteiger partial charge in [0.2, 0.25) is 11.8 Å². The molecule has 0 aromatic heterocycles. The van der Waals surface area contributed by atoms with Crippen LogP contribution in [-0.4, -0.2) is 18.4 Å². The number of anilines is 2. The Bertz CT molecular complexity index is 463. The van der Waals surface area contributed by atoms with Crippen molar-refractivity contribution in [3.63, 3.8) is 0 Å². The minimum atomic E-state index is -0.153. The second-order valence-corrected chi connectivity index (χ2v) is 4.47. The number of benzene rings is 1. The minimum Gasteiger partial charge on any atom is -0.330 e. The summed E-state index contributed by atoms with van der Waals surface area (Å²) in [5.41, 5.74) is 6.39. The molecule has 19 heavy (non-hydrogen) atoms. The second kappa shape index (κ2) is 7.76. The van der Waals surface area contributed by atoms with Crippen LogP contribution >= 0.6 is 11.6 Å². The fourth-order valence-electron chi connectivity index (χ4n) is 1.44. The number of halogens is 1. The maximum Gasteiger partial charge on any atom is 0.224 e. The summed E-state index contributed by atoms with van der Waals surface area (Å²) < 4.78 is 0. The van der Waals surface area contributed by atoms with Gasteiger partial charge in [-0.25, -0.2) is 0 Å². The average Bonchev–Trinajstić information content (AvgIpc) is 2.39. The quantitative estimate of drug-likeness (QED) is 0.749. The van der Waals surface area contributed by atoms with Crippen LogP contribution in [0, 0.1) is 0 Å². The Balaban J connectivity index is 2.81. The summed E-state index contributed by atoms with van der Waals surface area (Å²) in [4.78, 5) is 23.1.